The van der Waals surface area contributed by atoms with Gasteiger partial charge in [0.1, 0.15) is 0 Å². The Bertz CT molecular complexity index is 718. The summed E-state index contributed by atoms with van der Waals surface area (Å²) in [5.74, 6) is -0.244. The van der Waals surface area contributed by atoms with Gasteiger partial charge in [-0.05, 0) is 24.3 Å². The van der Waals surface area contributed by atoms with Crippen LogP contribution in [0.5, 0.6) is 0 Å². The molecule has 0 saturated heterocycles. The predicted molar refractivity (Wildman–Crippen MR) is 75.1 cm³/mol. The molecule has 6 nitrogen and oxygen atoms in total. The zero-order valence-corrected chi connectivity index (χ0v) is 11.0. The third kappa shape index (κ3) is 2.55. The van der Waals surface area contributed by atoms with Crippen LogP contribution in [0.15, 0.2) is 49.1 Å². The van der Waals surface area contributed by atoms with Crippen molar-refractivity contribution in [2.45, 2.75) is 0 Å². The van der Waals surface area contributed by atoms with Crippen molar-refractivity contribution < 1.29 is 4.79 Å². The topological polar surface area (TPSA) is 75.6 Å². The summed E-state index contributed by atoms with van der Waals surface area (Å²) in [6, 6.07) is 7.19. The highest BCUT2D eigenvalue weighted by molar-refractivity contribution is 6.30. The van der Waals surface area contributed by atoms with E-state index in [4.69, 9.17) is 11.6 Å². The van der Waals surface area contributed by atoms with E-state index >= 15 is 0 Å². The van der Waals surface area contributed by atoms with Crippen LogP contribution < -0.4 is 5.32 Å². The van der Waals surface area contributed by atoms with Crippen LogP contribution in [0.2, 0.25) is 5.02 Å². The summed E-state index contributed by atoms with van der Waals surface area (Å²) in [6.07, 6.45) is 6.28. The minimum Gasteiger partial charge on any atom is -0.319 e. The number of hydrogen-bond acceptors (Lipinski definition) is 3. The Morgan fingerprint density at radius 1 is 1.25 bits per heavy atom. The molecule has 7 heteroatoms. The highest BCUT2D eigenvalue weighted by Gasteiger charge is 2.10. The second-order valence-corrected chi connectivity index (χ2v) is 4.53. The molecule has 1 amide bonds. The maximum absolute atomic E-state index is 12.0. The number of anilines is 1. The van der Waals surface area contributed by atoms with E-state index in [0.29, 0.717) is 16.3 Å². The molecule has 0 bridgehead atoms. The van der Waals surface area contributed by atoms with E-state index in [9.17, 15) is 4.79 Å². The standard InChI is InChI=1S/C13H10ClN5O/c14-10-1-3-12(4-2-10)19-8-9(5-17-19)13(20)18-11-6-15-16-7-11/h1-8H,(H,15,16)(H,18,20). The molecule has 0 aliphatic heterocycles. The van der Waals surface area contributed by atoms with Gasteiger partial charge < -0.3 is 5.32 Å². The molecule has 0 aliphatic carbocycles. The highest BCUT2D eigenvalue weighted by Crippen LogP contribution is 2.14. The first-order valence-electron chi connectivity index (χ1n) is 5.83. The molecule has 1 aromatic carbocycles. The van der Waals surface area contributed by atoms with E-state index in [-0.39, 0.29) is 5.91 Å². The Kier molecular flexibility index (Phi) is 3.22. The minimum atomic E-state index is -0.244. The van der Waals surface area contributed by atoms with Gasteiger partial charge in [0, 0.05) is 17.4 Å². The Hall–Kier alpha value is -2.60. The lowest BCUT2D eigenvalue weighted by molar-refractivity contribution is 0.102. The summed E-state index contributed by atoms with van der Waals surface area (Å²) in [5.41, 5.74) is 1.90. The van der Waals surface area contributed by atoms with Crippen molar-refractivity contribution in [3.05, 3.63) is 59.6 Å². The molecule has 0 atom stereocenters. The van der Waals surface area contributed by atoms with E-state index in [0.717, 1.165) is 5.69 Å². The van der Waals surface area contributed by atoms with E-state index in [1.54, 1.807) is 29.2 Å². The number of nitrogens with zero attached hydrogens (tertiary/aromatic N) is 3. The summed E-state index contributed by atoms with van der Waals surface area (Å²) < 4.78 is 1.61. The van der Waals surface area contributed by atoms with Gasteiger partial charge in [-0.3, -0.25) is 9.89 Å². The first kappa shape index (κ1) is 12.4. The lowest BCUT2D eigenvalue weighted by atomic mass is 10.3. The number of aromatic nitrogens is 4. The molecule has 20 heavy (non-hydrogen) atoms. The Morgan fingerprint density at radius 2 is 2.05 bits per heavy atom. The molecular weight excluding hydrogens is 278 g/mol. The van der Waals surface area contributed by atoms with Crippen molar-refractivity contribution >= 4 is 23.2 Å². The summed E-state index contributed by atoms with van der Waals surface area (Å²) in [4.78, 5) is 12.0. The SMILES string of the molecule is O=C(Nc1cn[nH]c1)c1cnn(-c2ccc(Cl)cc2)c1. The number of aromatic amines is 1. The lowest BCUT2D eigenvalue weighted by Crippen LogP contribution is -2.10. The van der Waals surface area contributed by atoms with Crippen molar-refractivity contribution in [1.29, 1.82) is 0 Å². The molecular formula is C13H10ClN5O. The van der Waals surface area contributed by atoms with Crippen molar-refractivity contribution in [3.63, 3.8) is 0 Å². The van der Waals surface area contributed by atoms with Gasteiger partial charge in [0.2, 0.25) is 0 Å². The summed E-state index contributed by atoms with van der Waals surface area (Å²) in [6.45, 7) is 0. The second-order valence-electron chi connectivity index (χ2n) is 4.09. The molecule has 2 aromatic heterocycles. The van der Waals surface area contributed by atoms with Crippen molar-refractivity contribution in [2.24, 2.45) is 0 Å². The molecule has 3 rings (SSSR count). The zero-order chi connectivity index (χ0) is 13.9. The molecule has 0 saturated carbocycles. The smallest absolute Gasteiger partial charge is 0.258 e. The molecule has 100 valence electrons. The van der Waals surface area contributed by atoms with Gasteiger partial charge in [-0.2, -0.15) is 10.2 Å². The second kappa shape index (κ2) is 5.18. The van der Waals surface area contributed by atoms with Crippen LogP contribution in [0.3, 0.4) is 0 Å². The normalized spacial score (nSPS) is 10.4. The van der Waals surface area contributed by atoms with Crippen LogP contribution in [0, 0.1) is 0 Å². The summed E-state index contributed by atoms with van der Waals surface area (Å²) in [5, 5.41) is 13.9. The van der Waals surface area contributed by atoms with E-state index in [2.05, 4.69) is 20.6 Å². The van der Waals surface area contributed by atoms with Gasteiger partial charge in [0.25, 0.3) is 5.91 Å². The largest absolute Gasteiger partial charge is 0.319 e. The summed E-state index contributed by atoms with van der Waals surface area (Å²) in [7, 11) is 0. The molecule has 0 aliphatic rings. The number of H-pyrrole nitrogens is 1. The fourth-order valence-electron chi connectivity index (χ4n) is 1.70. The lowest BCUT2D eigenvalue weighted by Gasteiger charge is -2.00. The van der Waals surface area contributed by atoms with Crippen LogP contribution in [0.1, 0.15) is 10.4 Å². The average Bonchev–Trinajstić information content (AvgIpc) is 3.10. The van der Waals surface area contributed by atoms with Gasteiger partial charge in [0.15, 0.2) is 0 Å². The maximum Gasteiger partial charge on any atom is 0.258 e. The number of hydrogen-bond donors (Lipinski definition) is 2. The fourth-order valence-corrected chi connectivity index (χ4v) is 1.82. The number of carbonyl (C=O) groups is 1. The third-order valence-corrected chi connectivity index (χ3v) is 2.94. The fraction of sp³-hybridized carbons (Fsp3) is 0. The maximum atomic E-state index is 12.0. The summed E-state index contributed by atoms with van der Waals surface area (Å²) >= 11 is 5.83. The number of benzene rings is 1. The molecule has 0 unspecified atom stereocenters. The molecule has 0 fully saturated rings. The number of nitrogens with one attached hydrogen (secondary N) is 2. The number of amides is 1. The molecule has 0 spiro atoms. The van der Waals surface area contributed by atoms with Crippen molar-refractivity contribution in [3.8, 4) is 5.69 Å². The average molecular weight is 288 g/mol. The Morgan fingerprint density at radius 3 is 2.75 bits per heavy atom. The van der Waals surface area contributed by atoms with Gasteiger partial charge in [0.05, 0.1) is 29.3 Å². The van der Waals surface area contributed by atoms with E-state index < -0.39 is 0 Å². The van der Waals surface area contributed by atoms with Crippen LogP contribution in [-0.2, 0) is 0 Å². The number of carbonyl (C=O) groups excluding carboxylic acids is 1. The van der Waals surface area contributed by atoms with Crippen LogP contribution in [0.25, 0.3) is 5.69 Å². The van der Waals surface area contributed by atoms with Crippen LogP contribution in [0.4, 0.5) is 5.69 Å². The number of halogens is 1. The third-order valence-electron chi connectivity index (χ3n) is 2.69. The van der Waals surface area contributed by atoms with Crippen LogP contribution in [-0.4, -0.2) is 25.9 Å². The zero-order valence-electron chi connectivity index (χ0n) is 10.2. The van der Waals surface area contributed by atoms with Crippen LogP contribution >= 0.6 is 11.6 Å². The first-order chi connectivity index (χ1) is 9.72. The van der Waals surface area contributed by atoms with Gasteiger partial charge in [-0.1, -0.05) is 11.6 Å². The van der Waals surface area contributed by atoms with Crippen molar-refractivity contribution in [2.75, 3.05) is 5.32 Å². The molecule has 3 aromatic rings. The highest BCUT2D eigenvalue weighted by atomic mass is 35.5. The van der Waals surface area contributed by atoms with Gasteiger partial charge >= 0.3 is 0 Å². The quantitative estimate of drug-likeness (QED) is 0.777. The van der Waals surface area contributed by atoms with Crippen molar-refractivity contribution in [1.82, 2.24) is 20.0 Å². The Balaban J connectivity index is 1.79. The molecule has 0 radical (unpaired) electrons. The van der Waals surface area contributed by atoms with Gasteiger partial charge in [-0.25, -0.2) is 4.68 Å². The molecule has 2 heterocycles. The molecule has 2 N–H and O–H groups in total. The van der Waals surface area contributed by atoms with E-state index in [1.807, 2.05) is 12.1 Å². The number of rotatable bonds is 3. The minimum absolute atomic E-state index is 0.244. The Labute approximate surface area is 119 Å². The first-order valence-corrected chi connectivity index (χ1v) is 6.21. The van der Waals surface area contributed by atoms with Gasteiger partial charge in [-0.15, -0.1) is 0 Å². The van der Waals surface area contributed by atoms with E-state index in [1.165, 1.54) is 12.4 Å². The predicted octanol–water partition coefficient (Wildman–Crippen LogP) is 2.50. The monoisotopic (exact) mass is 287 g/mol.